The molecule has 0 spiro atoms. The minimum Gasteiger partial charge on any atom is -0.497 e. The molecule has 1 fully saturated rings. The number of aryl methyl sites for hydroxylation is 1. The second kappa shape index (κ2) is 8.43. The van der Waals surface area contributed by atoms with E-state index in [4.69, 9.17) is 9.47 Å². The average Bonchev–Trinajstić information content (AvgIpc) is 3.03. The van der Waals surface area contributed by atoms with E-state index in [2.05, 4.69) is 0 Å². The second-order valence-corrected chi connectivity index (χ2v) is 9.95. The van der Waals surface area contributed by atoms with Gasteiger partial charge in [0.1, 0.15) is 17.3 Å². The fourth-order valence-electron chi connectivity index (χ4n) is 4.26. The minimum absolute atomic E-state index is 0.0118. The molecule has 0 N–H and O–H groups in total. The van der Waals surface area contributed by atoms with Gasteiger partial charge in [-0.25, -0.2) is 0 Å². The molecule has 9 heteroatoms. The Morgan fingerprint density at radius 1 is 1.27 bits per heavy atom. The maximum absolute atomic E-state index is 13.2. The predicted molar refractivity (Wildman–Crippen MR) is 115 cm³/mol. The van der Waals surface area contributed by atoms with Gasteiger partial charge in [0.25, 0.3) is 5.69 Å². The molecule has 1 aliphatic rings. The Morgan fingerprint density at radius 3 is 2.47 bits per heavy atom. The van der Waals surface area contributed by atoms with Gasteiger partial charge in [0.15, 0.2) is 11.5 Å². The monoisotopic (exact) mass is 430 g/mol. The fraction of sp³-hybridized carbons (Fsp3) is 0.429. The first-order valence-electron chi connectivity index (χ1n) is 9.80. The van der Waals surface area contributed by atoms with Crippen LogP contribution in [0.4, 0.5) is 5.69 Å². The number of benzene rings is 1. The third-order valence-corrected chi connectivity index (χ3v) is 7.45. The summed E-state index contributed by atoms with van der Waals surface area (Å²) in [7, 11) is 5.45. The molecule has 1 aromatic heterocycles. The Hall–Kier alpha value is -2.94. The molecule has 1 heterocycles. The highest BCUT2D eigenvalue weighted by Gasteiger charge is 2.41. The molecule has 0 saturated heterocycles. The van der Waals surface area contributed by atoms with Gasteiger partial charge >= 0.3 is 0 Å². The number of rotatable bonds is 6. The molecular weight excluding hydrogens is 404 g/mol. The van der Waals surface area contributed by atoms with Crippen molar-refractivity contribution in [2.75, 3.05) is 14.2 Å². The topological polar surface area (TPSA) is 101 Å². The third kappa shape index (κ3) is 4.02. The first kappa shape index (κ1) is 21.8. The van der Waals surface area contributed by atoms with Gasteiger partial charge in [0.2, 0.25) is 0 Å². The van der Waals surface area contributed by atoms with Gasteiger partial charge in [-0.1, -0.05) is 6.42 Å². The highest BCUT2D eigenvalue weighted by atomic mass is 28.1. The van der Waals surface area contributed by atoms with Gasteiger partial charge < -0.3 is 14.0 Å². The third-order valence-electron chi connectivity index (χ3n) is 6.02. The number of carbonyl (C=O) groups excluding carboxylic acids is 2. The summed E-state index contributed by atoms with van der Waals surface area (Å²) in [6.07, 6.45) is 3.55. The molecule has 30 heavy (non-hydrogen) atoms. The fourth-order valence-corrected chi connectivity index (χ4v) is 5.25. The quantitative estimate of drug-likeness (QED) is 0.174. The number of nitrogens with zero attached hydrogens (tertiary/aromatic N) is 2. The maximum atomic E-state index is 13.2. The van der Waals surface area contributed by atoms with Crippen molar-refractivity contribution in [2.45, 2.75) is 30.7 Å². The van der Waals surface area contributed by atoms with E-state index in [1.54, 1.807) is 27.3 Å². The molecule has 2 atom stereocenters. The Kier molecular flexibility index (Phi) is 6.11. The van der Waals surface area contributed by atoms with Crippen LogP contribution in [0.2, 0.25) is 0 Å². The zero-order valence-electron chi connectivity index (χ0n) is 17.6. The van der Waals surface area contributed by atoms with Crippen LogP contribution in [-0.4, -0.2) is 45.5 Å². The lowest BCUT2D eigenvalue weighted by Gasteiger charge is -2.29. The standard InChI is InChI=1S/C21H26N2O6Si/c1-22-8-6-17(23(26)27)19(22)20(25)16-5-4-7-21(30,12-18(16)24)13-9-14(28-2)11-15(10-13)29-3/h6,8-11,16H,4-5,7,12H2,1-3,30H3/t16?,21-/m0/s1. The molecule has 160 valence electrons. The Balaban J connectivity index is 1.92. The number of Topliss-reactive ketones (excluding diaryl/α,β-unsaturated/α-hetero) is 2. The molecule has 1 aliphatic carbocycles. The average molecular weight is 431 g/mol. The molecule has 2 aromatic rings. The van der Waals surface area contributed by atoms with Crippen molar-refractivity contribution >= 4 is 27.5 Å². The van der Waals surface area contributed by atoms with E-state index in [9.17, 15) is 19.7 Å². The van der Waals surface area contributed by atoms with Crippen molar-refractivity contribution in [3.63, 3.8) is 0 Å². The molecule has 1 aromatic carbocycles. The molecule has 0 amide bonds. The number of nitro groups is 1. The van der Waals surface area contributed by atoms with Crippen molar-refractivity contribution in [1.29, 1.82) is 0 Å². The lowest BCUT2D eigenvalue weighted by Crippen LogP contribution is -2.32. The van der Waals surface area contributed by atoms with Crippen LogP contribution in [0.15, 0.2) is 30.5 Å². The van der Waals surface area contributed by atoms with E-state index in [1.165, 1.54) is 16.8 Å². The van der Waals surface area contributed by atoms with E-state index >= 15 is 0 Å². The van der Waals surface area contributed by atoms with Crippen LogP contribution in [0.1, 0.15) is 41.7 Å². The van der Waals surface area contributed by atoms with Crippen molar-refractivity contribution in [1.82, 2.24) is 4.57 Å². The SMILES string of the molecule is COc1cc(OC)cc([C@]2([SiH3])CCCC(C(=O)c3c([N+](=O)[O-])ccn3C)C(=O)C2)c1. The summed E-state index contributed by atoms with van der Waals surface area (Å²) in [6, 6.07) is 6.93. The first-order valence-corrected chi connectivity index (χ1v) is 10.8. The summed E-state index contributed by atoms with van der Waals surface area (Å²) < 4.78 is 12.2. The van der Waals surface area contributed by atoms with Crippen LogP contribution in [0, 0.1) is 16.0 Å². The number of hydrogen-bond acceptors (Lipinski definition) is 6. The Labute approximate surface area is 177 Å². The first-order chi connectivity index (χ1) is 14.2. The molecule has 0 aliphatic heterocycles. The summed E-state index contributed by atoms with van der Waals surface area (Å²) in [4.78, 5) is 37.1. The summed E-state index contributed by atoms with van der Waals surface area (Å²) in [6.45, 7) is 0. The van der Waals surface area contributed by atoms with Gasteiger partial charge in [-0.05, 0) is 35.6 Å². The van der Waals surface area contributed by atoms with Gasteiger partial charge in [0.05, 0.1) is 25.1 Å². The van der Waals surface area contributed by atoms with E-state index in [1.807, 2.05) is 12.1 Å². The molecule has 3 rings (SSSR count). The van der Waals surface area contributed by atoms with Crippen molar-refractivity contribution in [3.05, 3.63) is 51.8 Å². The summed E-state index contributed by atoms with van der Waals surface area (Å²) in [5.74, 6) is -0.176. The van der Waals surface area contributed by atoms with Crippen molar-refractivity contribution in [3.8, 4) is 11.5 Å². The van der Waals surface area contributed by atoms with Crippen molar-refractivity contribution in [2.24, 2.45) is 13.0 Å². The van der Waals surface area contributed by atoms with Crippen LogP contribution < -0.4 is 9.47 Å². The number of ketones is 2. The number of hydrogen-bond donors (Lipinski definition) is 0. The van der Waals surface area contributed by atoms with E-state index < -0.39 is 16.6 Å². The van der Waals surface area contributed by atoms with Crippen LogP contribution in [-0.2, 0) is 16.9 Å². The zero-order chi connectivity index (χ0) is 22.1. The lowest BCUT2D eigenvalue weighted by atomic mass is 9.87. The molecule has 1 unspecified atom stereocenters. The van der Waals surface area contributed by atoms with E-state index in [0.29, 0.717) is 34.6 Å². The Bertz CT molecular complexity index is 979. The maximum Gasteiger partial charge on any atom is 0.298 e. The number of ether oxygens (including phenoxy) is 2. The molecule has 0 radical (unpaired) electrons. The zero-order valence-corrected chi connectivity index (χ0v) is 19.6. The molecule has 0 bridgehead atoms. The predicted octanol–water partition coefficient (Wildman–Crippen LogP) is 2.15. The molecule has 8 nitrogen and oxygen atoms in total. The van der Waals surface area contributed by atoms with Gasteiger partial charge in [0, 0.05) is 42.0 Å². The largest absolute Gasteiger partial charge is 0.497 e. The summed E-state index contributed by atoms with van der Waals surface area (Å²) >= 11 is 0. The van der Waals surface area contributed by atoms with Crippen LogP contribution in [0.25, 0.3) is 0 Å². The van der Waals surface area contributed by atoms with Crippen molar-refractivity contribution < 1.29 is 24.0 Å². The second-order valence-electron chi connectivity index (χ2n) is 8.03. The Morgan fingerprint density at radius 2 is 1.90 bits per heavy atom. The minimum atomic E-state index is -0.861. The molecule has 1 saturated carbocycles. The molecular formula is C21H26N2O6Si. The van der Waals surface area contributed by atoms with Gasteiger partial charge in [-0.3, -0.25) is 19.7 Å². The van der Waals surface area contributed by atoms with Crippen LogP contribution >= 0.6 is 0 Å². The number of aromatic nitrogens is 1. The van der Waals surface area contributed by atoms with Gasteiger partial charge in [-0.2, -0.15) is 0 Å². The highest BCUT2D eigenvalue weighted by Crippen LogP contribution is 2.40. The summed E-state index contributed by atoms with van der Waals surface area (Å²) in [5.41, 5.74) is 0.702. The lowest BCUT2D eigenvalue weighted by molar-refractivity contribution is -0.385. The van der Waals surface area contributed by atoms with E-state index in [-0.39, 0.29) is 28.6 Å². The van der Waals surface area contributed by atoms with Crippen LogP contribution in [0.5, 0.6) is 11.5 Å². The number of methoxy groups -OCH3 is 2. The van der Waals surface area contributed by atoms with Crippen LogP contribution in [0.3, 0.4) is 0 Å². The smallest absolute Gasteiger partial charge is 0.298 e. The highest BCUT2D eigenvalue weighted by molar-refractivity contribution is 6.20. The number of carbonyl (C=O) groups is 2. The normalized spacial score (nSPS) is 21.8. The van der Waals surface area contributed by atoms with Gasteiger partial charge in [-0.15, -0.1) is 0 Å². The summed E-state index contributed by atoms with van der Waals surface area (Å²) in [5, 5.41) is 11.0. The van der Waals surface area contributed by atoms with E-state index in [0.717, 1.165) is 12.0 Å².